The molecular formula is C14H15N3O3. The van der Waals surface area contributed by atoms with Crippen LogP contribution >= 0.6 is 0 Å². The minimum absolute atomic E-state index is 0.0385. The van der Waals surface area contributed by atoms with Gasteiger partial charge in [0, 0.05) is 12.6 Å². The molecule has 2 rings (SSSR count). The zero-order chi connectivity index (χ0) is 14.5. The van der Waals surface area contributed by atoms with Crippen LogP contribution in [0.25, 0.3) is 0 Å². The lowest BCUT2D eigenvalue weighted by Gasteiger charge is -2.20. The smallest absolute Gasteiger partial charge is 0.323 e. The molecular weight excluding hydrogens is 258 g/mol. The molecule has 6 heteroatoms. The summed E-state index contributed by atoms with van der Waals surface area (Å²) >= 11 is 0. The molecule has 0 unspecified atom stereocenters. The zero-order valence-electron chi connectivity index (χ0n) is 10.9. The minimum Gasteiger partial charge on any atom is -0.480 e. The zero-order valence-corrected chi connectivity index (χ0v) is 10.9. The highest BCUT2D eigenvalue weighted by Gasteiger charge is 2.33. The molecule has 1 aliphatic carbocycles. The van der Waals surface area contributed by atoms with E-state index in [1.54, 1.807) is 24.3 Å². The van der Waals surface area contributed by atoms with Crippen LogP contribution in [0.3, 0.4) is 0 Å². The molecule has 1 fully saturated rings. The van der Waals surface area contributed by atoms with E-state index in [0.717, 1.165) is 18.4 Å². The number of nitrogens with one attached hydrogen (secondary N) is 1. The maximum atomic E-state index is 12.0. The number of urea groups is 1. The van der Waals surface area contributed by atoms with E-state index in [9.17, 15) is 9.59 Å². The predicted octanol–water partition coefficient (Wildman–Crippen LogP) is 1.32. The average molecular weight is 273 g/mol. The number of aliphatic carboxylic acids is 1. The molecule has 1 saturated carbocycles. The van der Waals surface area contributed by atoms with Crippen molar-refractivity contribution in [1.29, 1.82) is 5.26 Å². The molecule has 0 atom stereocenters. The van der Waals surface area contributed by atoms with Gasteiger partial charge in [0.25, 0.3) is 0 Å². The molecule has 0 bridgehead atoms. The topological polar surface area (TPSA) is 93.4 Å². The number of hydrogen-bond donors (Lipinski definition) is 2. The highest BCUT2D eigenvalue weighted by molar-refractivity contribution is 5.80. The second kappa shape index (κ2) is 6.06. The van der Waals surface area contributed by atoms with Gasteiger partial charge in [0.1, 0.15) is 6.54 Å². The SMILES string of the molecule is N#Cc1cccc(CNC(=O)N(CC(=O)O)C2CC2)c1. The molecule has 0 radical (unpaired) electrons. The second-order valence-electron chi connectivity index (χ2n) is 4.72. The van der Waals surface area contributed by atoms with Gasteiger partial charge in [-0.2, -0.15) is 5.26 Å². The Morgan fingerprint density at radius 2 is 2.20 bits per heavy atom. The quantitative estimate of drug-likeness (QED) is 0.846. The maximum absolute atomic E-state index is 12.0. The Hall–Kier alpha value is -2.55. The van der Waals surface area contributed by atoms with Crippen molar-refractivity contribution < 1.29 is 14.7 Å². The number of nitriles is 1. The Labute approximate surface area is 116 Å². The summed E-state index contributed by atoms with van der Waals surface area (Å²) in [6.45, 7) is -0.00801. The molecule has 0 aromatic heterocycles. The van der Waals surface area contributed by atoms with Crippen LogP contribution in [0.15, 0.2) is 24.3 Å². The summed E-state index contributed by atoms with van der Waals surface area (Å²) in [5.74, 6) is -1.02. The Morgan fingerprint density at radius 3 is 2.80 bits per heavy atom. The molecule has 6 nitrogen and oxygen atoms in total. The molecule has 0 spiro atoms. The average Bonchev–Trinajstić information content (AvgIpc) is 3.26. The van der Waals surface area contributed by atoms with E-state index in [2.05, 4.69) is 5.32 Å². The van der Waals surface area contributed by atoms with Crippen molar-refractivity contribution in [2.45, 2.75) is 25.4 Å². The van der Waals surface area contributed by atoms with Crippen LogP contribution < -0.4 is 5.32 Å². The lowest BCUT2D eigenvalue weighted by Crippen LogP contribution is -2.43. The number of carbonyl (C=O) groups is 2. The lowest BCUT2D eigenvalue weighted by atomic mass is 10.1. The van der Waals surface area contributed by atoms with Gasteiger partial charge < -0.3 is 15.3 Å². The first-order valence-electron chi connectivity index (χ1n) is 6.35. The highest BCUT2D eigenvalue weighted by Crippen LogP contribution is 2.26. The monoisotopic (exact) mass is 273 g/mol. The number of carbonyl (C=O) groups excluding carboxylic acids is 1. The molecule has 0 heterocycles. The number of carboxylic acid groups (broad SMARTS) is 1. The number of benzene rings is 1. The van der Waals surface area contributed by atoms with Crippen LogP contribution in [0.2, 0.25) is 0 Å². The van der Waals surface area contributed by atoms with Gasteiger partial charge in [-0.15, -0.1) is 0 Å². The van der Waals surface area contributed by atoms with Gasteiger partial charge in [0.15, 0.2) is 0 Å². The number of nitrogens with zero attached hydrogens (tertiary/aromatic N) is 2. The van der Waals surface area contributed by atoms with E-state index in [0.29, 0.717) is 5.56 Å². The fourth-order valence-corrected chi connectivity index (χ4v) is 1.93. The van der Waals surface area contributed by atoms with E-state index in [1.807, 2.05) is 6.07 Å². The summed E-state index contributed by atoms with van der Waals surface area (Å²) in [6.07, 6.45) is 1.70. The van der Waals surface area contributed by atoms with E-state index in [-0.39, 0.29) is 25.2 Å². The maximum Gasteiger partial charge on any atom is 0.323 e. The molecule has 1 aliphatic rings. The molecule has 2 amide bonds. The standard InChI is InChI=1S/C14H15N3O3/c15-7-10-2-1-3-11(6-10)8-16-14(20)17(9-13(18)19)12-4-5-12/h1-3,6,12H,4-5,8-9H2,(H,16,20)(H,18,19). The van der Waals surface area contributed by atoms with Gasteiger partial charge in [-0.25, -0.2) is 4.79 Å². The summed E-state index contributed by atoms with van der Waals surface area (Å²) < 4.78 is 0. The third-order valence-electron chi connectivity index (χ3n) is 3.05. The van der Waals surface area contributed by atoms with Gasteiger partial charge in [-0.1, -0.05) is 12.1 Å². The summed E-state index contributed by atoms with van der Waals surface area (Å²) in [7, 11) is 0. The summed E-state index contributed by atoms with van der Waals surface area (Å²) in [4.78, 5) is 24.1. The summed E-state index contributed by atoms with van der Waals surface area (Å²) in [5, 5.41) is 20.3. The molecule has 1 aromatic rings. The van der Waals surface area contributed by atoms with Gasteiger partial charge in [-0.3, -0.25) is 4.79 Å². The van der Waals surface area contributed by atoms with Gasteiger partial charge >= 0.3 is 12.0 Å². The number of rotatable bonds is 5. The van der Waals surface area contributed by atoms with Crippen LogP contribution in [0.5, 0.6) is 0 Å². The number of amides is 2. The predicted molar refractivity (Wildman–Crippen MR) is 70.8 cm³/mol. The lowest BCUT2D eigenvalue weighted by molar-refractivity contribution is -0.137. The molecule has 104 valence electrons. The summed E-state index contributed by atoms with van der Waals surface area (Å²) in [5.41, 5.74) is 1.34. The van der Waals surface area contributed by atoms with Crippen LogP contribution in [0, 0.1) is 11.3 Å². The van der Waals surface area contributed by atoms with Crippen molar-refractivity contribution in [3.63, 3.8) is 0 Å². The molecule has 2 N–H and O–H groups in total. The van der Waals surface area contributed by atoms with Crippen LogP contribution in [-0.2, 0) is 11.3 Å². The Balaban J connectivity index is 1.93. The van der Waals surface area contributed by atoms with E-state index >= 15 is 0 Å². The van der Waals surface area contributed by atoms with Crippen molar-refractivity contribution in [3.05, 3.63) is 35.4 Å². The number of carboxylic acids is 1. The molecule has 20 heavy (non-hydrogen) atoms. The molecule has 0 saturated heterocycles. The molecule has 1 aromatic carbocycles. The Bertz CT molecular complexity index is 561. The van der Waals surface area contributed by atoms with Crippen molar-refractivity contribution in [1.82, 2.24) is 10.2 Å². The van der Waals surface area contributed by atoms with Gasteiger partial charge in [0.2, 0.25) is 0 Å². The second-order valence-corrected chi connectivity index (χ2v) is 4.72. The van der Waals surface area contributed by atoms with Crippen LogP contribution in [0.1, 0.15) is 24.0 Å². The summed E-state index contributed by atoms with van der Waals surface area (Å²) in [6, 6.07) is 8.62. The van der Waals surface area contributed by atoms with E-state index < -0.39 is 5.97 Å². The normalized spacial score (nSPS) is 13.3. The van der Waals surface area contributed by atoms with E-state index in [4.69, 9.17) is 10.4 Å². The first kappa shape index (κ1) is 13.9. The van der Waals surface area contributed by atoms with Gasteiger partial charge in [-0.05, 0) is 30.5 Å². The third-order valence-corrected chi connectivity index (χ3v) is 3.05. The van der Waals surface area contributed by atoms with Crippen molar-refractivity contribution in [3.8, 4) is 6.07 Å². The fraction of sp³-hybridized carbons (Fsp3) is 0.357. The molecule has 0 aliphatic heterocycles. The number of hydrogen-bond acceptors (Lipinski definition) is 3. The van der Waals surface area contributed by atoms with Crippen LogP contribution in [0.4, 0.5) is 4.79 Å². The van der Waals surface area contributed by atoms with Crippen molar-refractivity contribution >= 4 is 12.0 Å². The Morgan fingerprint density at radius 1 is 1.45 bits per heavy atom. The van der Waals surface area contributed by atoms with Gasteiger partial charge in [0.05, 0.1) is 11.6 Å². The van der Waals surface area contributed by atoms with Crippen LogP contribution in [-0.4, -0.2) is 34.6 Å². The first-order valence-corrected chi connectivity index (χ1v) is 6.35. The van der Waals surface area contributed by atoms with Crippen molar-refractivity contribution in [2.75, 3.05) is 6.54 Å². The van der Waals surface area contributed by atoms with Crippen molar-refractivity contribution in [2.24, 2.45) is 0 Å². The third kappa shape index (κ3) is 3.72. The minimum atomic E-state index is -1.02. The largest absolute Gasteiger partial charge is 0.480 e. The first-order chi connectivity index (χ1) is 9.60. The Kier molecular flexibility index (Phi) is 4.20. The highest BCUT2D eigenvalue weighted by atomic mass is 16.4. The van der Waals surface area contributed by atoms with E-state index in [1.165, 1.54) is 4.90 Å². The fourth-order valence-electron chi connectivity index (χ4n) is 1.93.